The topological polar surface area (TPSA) is 47.0 Å². The summed E-state index contributed by atoms with van der Waals surface area (Å²) in [6.07, 6.45) is 2.35. The molecule has 3 heterocycles. The molecule has 2 aliphatic heterocycles. The van der Waals surface area contributed by atoms with Crippen LogP contribution in [0.4, 0.5) is 0 Å². The highest BCUT2D eigenvalue weighted by molar-refractivity contribution is 5.31. The van der Waals surface area contributed by atoms with Gasteiger partial charge < -0.3 is 10.1 Å². The van der Waals surface area contributed by atoms with Gasteiger partial charge in [0.2, 0.25) is 0 Å². The molecule has 0 spiro atoms. The molecule has 16 heavy (non-hydrogen) atoms. The minimum Gasteiger partial charge on any atom is -0.381 e. The Morgan fingerprint density at radius 1 is 1.31 bits per heavy atom. The van der Waals surface area contributed by atoms with Crippen LogP contribution in [0, 0.1) is 6.92 Å². The predicted molar refractivity (Wildman–Crippen MR) is 60.1 cm³/mol. The Labute approximate surface area is 95.4 Å². The summed E-state index contributed by atoms with van der Waals surface area (Å²) in [7, 11) is 0. The average molecular weight is 219 g/mol. The van der Waals surface area contributed by atoms with Gasteiger partial charge in [0.05, 0.1) is 18.0 Å². The summed E-state index contributed by atoms with van der Waals surface area (Å²) in [6.45, 7) is 5.51. The van der Waals surface area contributed by atoms with E-state index >= 15 is 0 Å². The maximum absolute atomic E-state index is 5.56. The maximum Gasteiger partial charge on any atom is 0.125 e. The van der Waals surface area contributed by atoms with Crippen molar-refractivity contribution in [1.29, 1.82) is 0 Å². The Morgan fingerprint density at radius 2 is 2.25 bits per heavy atom. The summed E-state index contributed by atoms with van der Waals surface area (Å²) in [5.41, 5.74) is 3.74. The first kappa shape index (κ1) is 10.2. The van der Waals surface area contributed by atoms with Gasteiger partial charge in [-0.15, -0.1) is 0 Å². The number of rotatable bonds is 1. The Morgan fingerprint density at radius 3 is 3.06 bits per heavy atom. The summed E-state index contributed by atoms with van der Waals surface area (Å²) in [5.74, 6) is 1.37. The van der Waals surface area contributed by atoms with Gasteiger partial charge in [-0.25, -0.2) is 9.97 Å². The van der Waals surface area contributed by atoms with Crippen LogP contribution in [0.1, 0.15) is 41.5 Å². The number of aromatic nitrogens is 2. The van der Waals surface area contributed by atoms with Gasteiger partial charge in [-0.05, 0) is 19.8 Å². The van der Waals surface area contributed by atoms with Crippen molar-refractivity contribution in [1.82, 2.24) is 15.3 Å². The molecule has 1 aromatic rings. The Hall–Kier alpha value is -1.00. The quantitative estimate of drug-likeness (QED) is 0.773. The van der Waals surface area contributed by atoms with Crippen LogP contribution < -0.4 is 5.32 Å². The van der Waals surface area contributed by atoms with E-state index in [2.05, 4.69) is 15.3 Å². The van der Waals surface area contributed by atoms with Crippen LogP contribution in [0.3, 0.4) is 0 Å². The first-order valence-electron chi connectivity index (χ1n) is 5.99. The third-order valence-corrected chi connectivity index (χ3v) is 3.38. The van der Waals surface area contributed by atoms with E-state index < -0.39 is 0 Å². The monoisotopic (exact) mass is 219 g/mol. The fraction of sp³-hybridized carbons (Fsp3) is 0.667. The lowest BCUT2D eigenvalue weighted by molar-refractivity contribution is 0.0789. The van der Waals surface area contributed by atoms with Gasteiger partial charge in [-0.3, -0.25) is 0 Å². The largest absolute Gasteiger partial charge is 0.381 e. The minimum atomic E-state index is 0.476. The Kier molecular flexibility index (Phi) is 2.61. The molecule has 0 saturated carbocycles. The van der Waals surface area contributed by atoms with E-state index in [1.165, 1.54) is 23.4 Å². The van der Waals surface area contributed by atoms with Crippen LogP contribution in [0.15, 0.2) is 0 Å². The molecule has 0 radical (unpaired) electrons. The van der Waals surface area contributed by atoms with Crippen molar-refractivity contribution in [2.75, 3.05) is 13.2 Å². The lowest BCUT2D eigenvalue weighted by atomic mass is 9.94. The van der Waals surface area contributed by atoms with Gasteiger partial charge in [0.15, 0.2) is 0 Å². The number of nitrogens with one attached hydrogen (secondary N) is 1. The molecule has 1 aromatic heterocycles. The summed E-state index contributed by atoms with van der Waals surface area (Å²) in [5, 5.41) is 3.35. The van der Waals surface area contributed by atoms with Gasteiger partial charge in [-0.2, -0.15) is 0 Å². The molecule has 1 N–H and O–H groups in total. The summed E-state index contributed by atoms with van der Waals surface area (Å²) in [6, 6.07) is 0. The second-order valence-electron chi connectivity index (χ2n) is 4.60. The molecular formula is C12H17N3O. The van der Waals surface area contributed by atoms with Crippen LogP contribution in [0.25, 0.3) is 0 Å². The number of nitrogens with zero attached hydrogens (tertiary/aromatic N) is 2. The molecule has 0 bridgehead atoms. The van der Waals surface area contributed by atoms with Crippen molar-refractivity contribution < 1.29 is 4.74 Å². The first-order valence-corrected chi connectivity index (χ1v) is 5.99. The second-order valence-corrected chi connectivity index (χ2v) is 4.60. The number of hydrogen-bond donors (Lipinski definition) is 1. The summed E-state index contributed by atoms with van der Waals surface area (Å²) >= 11 is 0. The normalized spacial score (nSPS) is 24.4. The van der Waals surface area contributed by atoms with Crippen LogP contribution in [0.5, 0.6) is 0 Å². The number of ether oxygens (including phenoxy) is 1. The zero-order valence-corrected chi connectivity index (χ0v) is 9.62. The van der Waals surface area contributed by atoms with E-state index in [9.17, 15) is 0 Å². The Balaban J connectivity index is 1.99. The van der Waals surface area contributed by atoms with Crippen molar-refractivity contribution in [2.24, 2.45) is 0 Å². The van der Waals surface area contributed by atoms with Gasteiger partial charge in [0, 0.05) is 31.2 Å². The molecule has 1 atom stereocenters. The fourth-order valence-electron chi connectivity index (χ4n) is 2.62. The van der Waals surface area contributed by atoms with Crippen molar-refractivity contribution in [3.05, 3.63) is 22.8 Å². The van der Waals surface area contributed by atoms with Crippen molar-refractivity contribution in [2.45, 2.75) is 38.8 Å². The van der Waals surface area contributed by atoms with E-state index in [0.29, 0.717) is 5.92 Å². The van der Waals surface area contributed by atoms with Crippen LogP contribution in [-0.2, 0) is 17.8 Å². The molecule has 1 saturated heterocycles. The molecular weight excluding hydrogens is 202 g/mol. The van der Waals surface area contributed by atoms with Crippen molar-refractivity contribution >= 4 is 0 Å². The molecule has 0 amide bonds. The predicted octanol–water partition coefficient (Wildman–Crippen LogP) is 1.28. The smallest absolute Gasteiger partial charge is 0.125 e. The lowest BCUT2D eigenvalue weighted by Crippen LogP contribution is -2.19. The molecule has 1 fully saturated rings. The van der Waals surface area contributed by atoms with E-state index in [-0.39, 0.29) is 0 Å². The zero-order chi connectivity index (χ0) is 11.0. The average Bonchev–Trinajstić information content (AvgIpc) is 2.77. The summed E-state index contributed by atoms with van der Waals surface area (Å²) < 4.78 is 5.56. The molecule has 3 rings (SSSR count). The third-order valence-electron chi connectivity index (χ3n) is 3.38. The van der Waals surface area contributed by atoms with Gasteiger partial charge in [0.25, 0.3) is 0 Å². The molecule has 2 aliphatic rings. The van der Waals surface area contributed by atoms with E-state index in [1.807, 2.05) is 6.92 Å². The molecule has 1 unspecified atom stereocenters. The van der Waals surface area contributed by atoms with Gasteiger partial charge in [-0.1, -0.05) is 0 Å². The van der Waals surface area contributed by atoms with Gasteiger partial charge >= 0.3 is 0 Å². The minimum absolute atomic E-state index is 0.476. The fourth-order valence-corrected chi connectivity index (χ4v) is 2.62. The van der Waals surface area contributed by atoms with E-state index in [4.69, 9.17) is 4.74 Å². The van der Waals surface area contributed by atoms with Gasteiger partial charge in [0.1, 0.15) is 5.82 Å². The molecule has 86 valence electrons. The summed E-state index contributed by atoms with van der Waals surface area (Å²) in [4.78, 5) is 9.13. The number of fused-ring (bicyclic) bond motifs is 1. The van der Waals surface area contributed by atoms with E-state index in [0.717, 1.165) is 38.5 Å². The number of hydrogen-bond acceptors (Lipinski definition) is 4. The van der Waals surface area contributed by atoms with Crippen molar-refractivity contribution in [3.63, 3.8) is 0 Å². The molecule has 0 aliphatic carbocycles. The lowest BCUT2D eigenvalue weighted by Gasteiger charge is -2.23. The second kappa shape index (κ2) is 4.11. The third kappa shape index (κ3) is 1.72. The van der Waals surface area contributed by atoms with Crippen LogP contribution >= 0.6 is 0 Å². The highest BCUT2D eigenvalue weighted by Gasteiger charge is 2.25. The molecule has 4 nitrogen and oxygen atoms in total. The highest BCUT2D eigenvalue weighted by atomic mass is 16.5. The number of aryl methyl sites for hydroxylation is 1. The Bertz CT molecular complexity index is 399. The van der Waals surface area contributed by atoms with Crippen LogP contribution in [0.2, 0.25) is 0 Å². The maximum atomic E-state index is 5.56. The SMILES string of the molecule is Cc1nc2c(c(C3CCCOC3)n1)CNC2. The highest BCUT2D eigenvalue weighted by Crippen LogP contribution is 2.29. The van der Waals surface area contributed by atoms with E-state index in [1.54, 1.807) is 0 Å². The zero-order valence-electron chi connectivity index (χ0n) is 9.62. The van der Waals surface area contributed by atoms with Crippen molar-refractivity contribution in [3.8, 4) is 0 Å². The first-order chi connectivity index (χ1) is 7.84. The van der Waals surface area contributed by atoms with Crippen LogP contribution in [-0.4, -0.2) is 23.2 Å². The molecule has 0 aromatic carbocycles. The standard InChI is InChI=1S/C12H17N3O/c1-8-14-11-6-13-5-10(11)12(15-8)9-3-2-4-16-7-9/h9,13H,2-7H2,1H3. The molecule has 4 heteroatoms.